The van der Waals surface area contributed by atoms with Crippen LogP contribution in [0, 0.1) is 0 Å². The first kappa shape index (κ1) is 12.3. The zero-order valence-corrected chi connectivity index (χ0v) is 9.41. The van der Waals surface area contributed by atoms with E-state index in [0.29, 0.717) is 24.2 Å². The van der Waals surface area contributed by atoms with Gasteiger partial charge in [0.25, 0.3) is 5.91 Å². The Morgan fingerprint density at radius 2 is 2.06 bits per heavy atom. The van der Waals surface area contributed by atoms with Crippen molar-refractivity contribution >= 4 is 11.7 Å². The summed E-state index contributed by atoms with van der Waals surface area (Å²) in [5.41, 5.74) is 0.725. The number of carbonyl (C=O) groups excluding carboxylic acids is 2. The summed E-state index contributed by atoms with van der Waals surface area (Å²) < 4.78 is 0. The molecule has 5 nitrogen and oxygen atoms in total. The van der Waals surface area contributed by atoms with Gasteiger partial charge in [-0.3, -0.25) is 14.6 Å². The summed E-state index contributed by atoms with van der Waals surface area (Å²) in [5.74, 6) is -0.408. The van der Waals surface area contributed by atoms with Crippen molar-refractivity contribution in [2.75, 3.05) is 20.1 Å². The largest absolute Gasteiger partial charge is 0.351 e. The van der Waals surface area contributed by atoms with E-state index < -0.39 is 0 Å². The first-order valence-corrected chi connectivity index (χ1v) is 5.04. The summed E-state index contributed by atoms with van der Waals surface area (Å²) in [6, 6.07) is 1.55. The Bertz CT molecular complexity index is 391. The van der Waals surface area contributed by atoms with Crippen molar-refractivity contribution in [2.45, 2.75) is 6.92 Å². The summed E-state index contributed by atoms with van der Waals surface area (Å²) in [7, 11) is 1.80. The van der Waals surface area contributed by atoms with Gasteiger partial charge in [0.05, 0.1) is 5.56 Å². The first-order valence-electron chi connectivity index (χ1n) is 5.04. The summed E-state index contributed by atoms with van der Waals surface area (Å²) in [6.07, 6.45) is 2.91. The number of ketones is 1. The fraction of sp³-hybridized carbons (Fsp3) is 0.364. The molecule has 1 aromatic rings. The molecule has 0 saturated heterocycles. The van der Waals surface area contributed by atoms with Crippen molar-refractivity contribution in [3.8, 4) is 0 Å². The van der Waals surface area contributed by atoms with Crippen molar-refractivity contribution < 1.29 is 9.59 Å². The van der Waals surface area contributed by atoms with E-state index in [1.165, 1.54) is 19.3 Å². The van der Waals surface area contributed by atoms with Gasteiger partial charge >= 0.3 is 0 Å². The van der Waals surface area contributed by atoms with Gasteiger partial charge in [-0.15, -0.1) is 0 Å². The number of nitrogens with one attached hydrogen (secondary N) is 2. The minimum absolute atomic E-state index is 0.138. The van der Waals surface area contributed by atoms with Crippen LogP contribution < -0.4 is 10.6 Å². The lowest BCUT2D eigenvalue weighted by Crippen LogP contribution is -2.31. The van der Waals surface area contributed by atoms with Crippen LogP contribution in [0.25, 0.3) is 0 Å². The maximum Gasteiger partial charge on any atom is 0.253 e. The predicted molar refractivity (Wildman–Crippen MR) is 60.5 cm³/mol. The van der Waals surface area contributed by atoms with Crippen LogP contribution in [0.4, 0.5) is 0 Å². The Balaban J connectivity index is 2.78. The van der Waals surface area contributed by atoms with E-state index in [1.807, 2.05) is 0 Å². The molecule has 0 aliphatic rings. The maximum atomic E-state index is 11.7. The third kappa shape index (κ3) is 3.13. The first-order chi connectivity index (χ1) is 7.66. The average Bonchev–Trinajstić information content (AvgIpc) is 2.29. The van der Waals surface area contributed by atoms with Gasteiger partial charge in [0, 0.05) is 31.0 Å². The number of aromatic nitrogens is 1. The van der Waals surface area contributed by atoms with Gasteiger partial charge in [-0.05, 0) is 20.0 Å². The highest BCUT2D eigenvalue weighted by Crippen LogP contribution is 2.07. The molecule has 0 atom stereocenters. The molecule has 86 valence electrons. The second-order valence-corrected chi connectivity index (χ2v) is 3.34. The van der Waals surface area contributed by atoms with Gasteiger partial charge in [0.1, 0.15) is 0 Å². The quantitative estimate of drug-likeness (QED) is 0.551. The summed E-state index contributed by atoms with van der Waals surface area (Å²) in [4.78, 5) is 26.8. The van der Waals surface area contributed by atoms with Gasteiger partial charge in [-0.25, -0.2) is 0 Å². The molecule has 0 unspecified atom stereocenters. The molecule has 0 bridgehead atoms. The smallest absolute Gasteiger partial charge is 0.253 e. The van der Waals surface area contributed by atoms with Crippen molar-refractivity contribution in [1.29, 1.82) is 0 Å². The Morgan fingerprint density at radius 1 is 1.31 bits per heavy atom. The number of Topliss-reactive ketones (excluding diaryl/α,β-unsaturated/α-hetero) is 1. The number of amides is 1. The average molecular weight is 221 g/mol. The third-order valence-electron chi connectivity index (χ3n) is 2.11. The van der Waals surface area contributed by atoms with Gasteiger partial charge < -0.3 is 10.6 Å². The molecule has 1 amide bonds. The number of carbonyl (C=O) groups is 2. The van der Waals surface area contributed by atoms with Crippen LogP contribution in [-0.4, -0.2) is 36.8 Å². The highest BCUT2D eigenvalue weighted by atomic mass is 16.2. The lowest BCUT2D eigenvalue weighted by molar-refractivity contribution is 0.0938. The van der Waals surface area contributed by atoms with Crippen LogP contribution in [0.3, 0.4) is 0 Å². The lowest BCUT2D eigenvalue weighted by Gasteiger charge is -2.07. The number of likely N-dealkylation sites (N-methyl/N-ethyl adjacent to an activating group) is 1. The van der Waals surface area contributed by atoms with Crippen molar-refractivity contribution in [2.24, 2.45) is 0 Å². The van der Waals surface area contributed by atoms with Gasteiger partial charge in [0.2, 0.25) is 0 Å². The van der Waals surface area contributed by atoms with Crippen LogP contribution in [0.1, 0.15) is 27.6 Å². The monoisotopic (exact) mass is 221 g/mol. The van der Waals surface area contributed by atoms with Gasteiger partial charge in [-0.1, -0.05) is 0 Å². The fourth-order valence-electron chi connectivity index (χ4n) is 1.28. The van der Waals surface area contributed by atoms with Crippen LogP contribution in [0.5, 0.6) is 0 Å². The maximum absolute atomic E-state index is 11.7. The summed E-state index contributed by atoms with van der Waals surface area (Å²) >= 11 is 0. The fourth-order valence-corrected chi connectivity index (χ4v) is 1.28. The highest BCUT2D eigenvalue weighted by molar-refractivity contribution is 6.06. The molecule has 0 spiro atoms. The van der Waals surface area contributed by atoms with E-state index in [1.54, 1.807) is 13.1 Å². The van der Waals surface area contributed by atoms with Crippen LogP contribution >= 0.6 is 0 Å². The summed E-state index contributed by atoms with van der Waals surface area (Å²) in [6.45, 7) is 2.63. The molecule has 0 aliphatic heterocycles. The molecule has 0 aromatic carbocycles. The number of nitrogens with zero attached hydrogens (tertiary/aromatic N) is 1. The number of hydrogen-bond acceptors (Lipinski definition) is 4. The van der Waals surface area contributed by atoms with E-state index in [2.05, 4.69) is 15.6 Å². The Kier molecular flexibility index (Phi) is 4.60. The zero-order valence-electron chi connectivity index (χ0n) is 9.41. The highest BCUT2D eigenvalue weighted by Gasteiger charge is 2.13. The SMILES string of the molecule is CNCCNC(=O)c1cnccc1C(C)=O. The topological polar surface area (TPSA) is 71.1 Å². The number of rotatable bonds is 5. The zero-order chi connectivity index (χ0) is 12.0. The van der Waals surface area contributed by atoms with E-state index in [4.69, 9.17) is 0 Å². The van der Waals surface area contributed by atoms with Crippen LogP contribution in [0.2, 0.25) is 0 Å². The van der Waals surface area contributed by atoms with Crippen molar-refractivity contribution in [1.82, 2.24) is 15.6 Å². The summed E-state index contributed by atoms with van der Waals surface area (Å²) in [5, 5.41) is 5.62. The van der Waals surface area contributed by atoms with E-state index in [-0.39, 0.29) is 11.7 Å². The second-order valence-electron chi connectivity index (χ2n) is 3.34. The second kappa shape index (κ2) is 5.97. The van der Waals surface area contributed by atoms with Gasteiger partial charge in [-0.2, -0.15) is 0 Å². The molecule has 16 heavy (non-hydrogen) atoms. The molecule has 0 radical (unpaired) electrons. The van der Waals surface area contributed by atoms with Gasteiger partial charge in [0.15, 0.2) is 5.78 Å². The Labute approximate surface area is 94.3 Å². The van der Waals surface area contributed by atoms with Crippen molar-refractivity contribution in [3.05, 3.63) is 29.6 Å². The minimum atomic E-state index is -0.270. The molecule has 0 fully saturated rings. The van der Waals surface area contributed by atoms with Crippen LogP contribution in [-0.2, 0) is 0 Å². The number of hydrogen-bond donors (Lipinski definition) is 2. The minimum Gasteiger partial charge on any atom is -0.351 e. The molecule has 1 rings (SSSR count). The molecule has 5 heteroatoms. The predicted octanol–water partition coefficient (Wildman–Crippen LogP) is 0.233. The van der Waals surface area contributed by atoms with Crippen LogP contribution in [0.15, 0.2) is 18.5 Å². The van der Waals surface area contributed by atoms with E-state index in [9.17, 15) is 9.59 Å². The number of pyridine rings is 1. The molecule has 0 saturated carbocycles. The molecule has 0 aliphatic carbocycles. The standard InChI is InChI=1S/C11H15N3O2/c1-8(15)9-3-4-13-7-10(9)11(16)14-6-5-12-2/h3-4,7,12H,5-6H2,1-2H3,(H,14,16). The van der Waals surface area contributed by atoms with E-state index >= 15 is 0 Å². The molecule has 1 heterocycles. The molecule has 1 aromatic heterocycles. The van der Waals surface area contributed by atoms with E-state index in [0.717, 1.165) is 0 Å². The third-order valence-corrected chi connectivity index (χ3v) is 2.11. The lowest BCUT2D eigenvalue weighted by atomic mass is 10.1. The molecular formula is C11H15N3O2. The molecule has 2 N–H and O–H groups in total. The van der Waals surface area contributed by atoms with Crippen molar-refractivity contribution in [3.63, 3.8) is 0 Å². The normalized spacial score (nSPS) is 9.88. The molecular weight excluding hydrogens is 206 g/mol. The Hall–Kier alpha value is -1.75. The Morgan fingerprint density at radius 3 is 2.69 bits per heavy atom.